The molecule has 0 saturated carbocycles. The maximum absolute atomic E-state index is 10.7. The van der Waals surface area contributed by atoms with E-state index in [2.05, 4.69) is 5.32 Å². The number of nitrogens with one attached hydrogen (secondary N) is 1. The van der Waals surface area contributed by atoms with E-state index in [1.54, 1.807) is 0 Å². The van der Waals surface area contributed by atoms with Crippen molar-refractivity contribution in [1.82, 2.24) is 0 Å². The second-order valence-electron chi connectivity index (χ2n) is 2.57. The van der Waals surface area contributed by atoms with E-state index in [9.17, 15) is 9.00 Å². The highest BCUT2D eigenvalue weighted by molar-refractivity contribution is 7.79. The van der Waals surface area contributed by atoms with E-state index in [1.807, 2.05) is 0 Å². The molecule has 1 rings (SSSR count). The van der Waals surface area contributed by atoms with Crippen LogP contribution in [0.15, 0.2) is 23.1 Å². The van der Waals surface area contributed by atoms with Gasteiger partial charge >= 0.3 is 0 Å². The molecule has 0 aromatic heterocycles. The van der Waals surface area contributed by atoms with Crippen LogP contribution in [0, 0.1) is 0 Å². The molecule has 0 aliphatic rings. The lowest BCUT2D eigenvalue weighted by atomic mass is 10.3. The molecular formula is C8H8ClNO3S. The Morgan fingerprint density at radius 3 is 2.64 bits per heavy atom. The molecule has 1 unspecified atom stereocenters. The van der Waals surface area contributed by atoms with Crippen molar-refractivity contribution in [3.05, 3.63) is 23.2 Å². The minimum atomic E-state index is -2.06. The van der Waals surface area contributed by atoms with E-state index in [0.29, 0.717) is 5.69 Å². The van der Waals surface area contributed by atoms with Crippen LogP contribution in [0.2, 0.25) is 5.02 Å². The molecule has 0 aliphatic carbocycles. The number of benzene rings is 1. The third kappa shape index (κ3) is 2.80. The van der Waals surface area contributed by atoms with Crippen LogP contribution in [0.1, 0.15) is 6.92 Å². The van der Waals surface area contributed by atoms with Gasteiger partial charge in [-0.15, -0.1) is 0 Å². The van der Waals surface area contributed by atoms with Gasteiger partial charge in [0.05, 0.1) is 15.6 Å². The van der Waals surface area contributed by atoms with E-state index in [4.69, 9.17) is 16.2 Å². The van der Waals surface area contributed by atoms with Gasteiger partial charge < -0.3 is 9.87 Å². The highest BCUT2D eigenvalue weighted by atomic mass is 35.5. The van der Waals surface area contributed by atoms with Crippen molar-refractivity contribution in [2.45, 2.75) is 11.8 Å². The van der Waals surface area contributed by atoms with Gasteiger partial charge in [0, 0.05) is 6.92 Å². The van der Waals surface area contributed by atoms with Gasteiger partial charge in [0.25, 0.3) is 0 Å². The van der Waals surface area contributed by atoms with Crippen molar-refractivity contribution >= 4 is 34.3 Å². The van der Waals surface area contributed by atoms with Gasteiger partial charge in [-0.2, -0.15) is 0 Å². The summed E-state index contributed by atoms with van der Waals surface area (Å²) in [6, 6.07) is 4.24. The number of carbonyl (C=O) groups is 1. The number of hydrogen-bond donors (Lipinski definition) is 2. The second kappa shape index (κ2) is 4.54. The molecule has 1 amide bonds. The van der Waals surface area contributed by atoms with Crippen LogP contribution in [-0.4, -0.2) is 14.7 Å². The minimum absolute atomic E-state index is 0.198. The summed E-state index contributed by atoms with van der Waals surface area (Å²) in [5, 5.41) is 2.72. The molecule has 0 bridgehead atoms. The molecule has 0 fully saturated rings. The molecule has 1 atom stereocenters. The van der Waals surface area contributed by atoms with Gasteiger partial charge in [0.2, 0.25) is 5.91 Å². The van der Waals surface area contributed by atoms with Crippen LogP contribution in [0.5, 0.6) is 0 Å². The van der Waals surface area contributed by atoms with Crippen molar-refractivity contribution in [2.75, 3.05) is 5.32 Å². The normalized spacial score (nSPS) is 12.2. The Balaban J connectivity index is 3.01. The highest BCUT2D eigenvalue weighted by Crippen LogP contribution is 2.24. The van der Waals surface area contributed by atoms with Gasteiger partial charge in [-0.3, -0.25) is 4.79 Å². The van der Waals surface area contributed by atoms with Gasteiger partial charge in [0.15, 0.2) is 11.1 Å². The largest absolute Gasteiger partial charge is 0.325 e. The number of carbonyl (C=O) groups excluding carboxylic acids is 1. The molecule has 2 N–H and O–H groups in total. The fourth-order valence-corrected chi connectivity index (χ4v) is 1.59. The Labute approximate surface area is 88.6 Å². The minimum Gasteiger partial charge on any atom is -0.325 e. The van der Waals surface area contributed by atoms with Crippen molar-refractivity contribution in [3.8, 4) is 0 Å². The smallest absolute Gasteiger partial charge is 0.221 e. The lowest BCUT2D eigenvalue weighted by Crippen LogP contribution is -2.06. The summed E-state index contributed by atoms with van der Waals surface area (Å²) in [6.07, 6.45) is 0. The quantitative estimate of drug-likeness (QED) is 0.767. The van der Waals surface area contributed by atoms with Crippen LogP contribution >= 0.6 is 11.6 Å². The molecule has 0 radical (unpaired) electrons. The number of hydrogen-bond acceptors (Lipinski definition) is 2. The first-order valence-electron chi connectivity index (χ1n) is 3.68. The van der Waals surface area contributed by atoms with Crippen molar-refractivity contribution in [1.29, 1.82) is 0 Å². The zero-order chi connectivity index (χ0) is 10.7. The molecule has 14 heavy (non-hydrogen) atoms. The first kappa shape index (κ1) is 11.2. The average Bonchev–Trinajstić information content (AvgIpc) is 2.07. The first-order chi connectivity index (χ1) is 6.50. The van der Waals surface area contributed by atoms with Crippen molar-refractivity contribution in [2.24, 2.45) is 0 Å². The highest BCUT2D eigenvalue weighted by Gasteiger charge is 2.05. The Bertz CT molecular complexity index is 394. The number of anilines is 1. The summed E-state index contributed by atoms with van der Waals surface area (Å²) in [7, 11) is 0. The van der Waals surface area contributed by atoms with Gasteiger partial charge in [0.1, 0.15) is 0 Å². The van der Waals surface area contributed by atoms with Crippen LogP contribution in [0.4, 0.5) is 5.69 Å². The fraction of sp³-hybridized carbons (Fsp3) is 0.125. The summed E-state index contributed by atoms with van der Waals surface area (Å²) in [5.41, 5.74) is 0.424. The summed E-state index contributed by atoms with van der Waals surface area (Å²) >= 11 is 3.70. The Morgan fingerprint density at radius 2 is 2.21 bits per heavy atom. The third-order valence-electron chi connectivity index (χ3n) is 1.45. The third-order valence-corrected chi connectivity index (χ3v) is 2.42. The SMILES string of the molecule is CC(=O)Nc1ccc(S(=O)O)cc1Cl. The van der Waals surface area contributed by atoms with E-state index >= 15 is 0 Å². The van der Waals surface area contributed by atoms with Crippen molar-refractivity contribution in [3.63, 3.8) is 0 Å². The second-order valence-corrected chi connectivity index (χ2v) is 3.95. The first-order valence-corrected chi connectivity index (χ1v) is 5.17. The van der Waals surface area contributed by atoms with Crippen LogP contribution in [-0.2, 0) is 15.9 Å². The predicted molar refractivity (Wildman–Crippen MR) is 54.8 cm³/mol. The molecule has 1 aromatic carbocycles. The summed E-state index contributed by atoms with van der Waals surface area (Å²) < 4.78 is 19.4. The fourth-order valence-electron chi connectivity index (χ4n) is 0.895. The molecule has 0 saturated heterocycles. The molecule has 6 heteroatoms. The van der Waals surface area contributed by atoms with E-state index < -0.39 is 11.1 Å². The Kier molecular flexibility index (Phi) is 3.62. The molecular weight excluding hydrogens is 226 g/mol. The Hall–Kier alpha value is -0.910. The topological polar surface area (TPSA) is 66.4 Å². The standard InChI is InChI=1S/C8H8ClNO3S/c1-5(11)10-8-3-2-6(14(12)13)4-7(8)9/h2-4H,1H3,(H,10,11)(H,12,13). The van der Waals surface area contributed by atoms with Crippen LogP contribution < -0.4 is 5.32 Å². The van der Waals surface area contributed by atoms with E-state index in [-0.39, 0.29) is 15.8 Å². The maximum Gasteiger partial charge on any atom is 0.221 e. The summed E-state index contributed by atoms with van der Waals surface area (Å²) in [6.45, 7) is 1.36. The Morgan fingerprint density at radius 1 is 1.57 bits per heavy atom. The van der Waals surface area contributed by atoms with Gasteiger partial charge in [-0.25, -0.2) is 4.21 Å². The summed E-state index contributed by atoms with van der Waals surface area (Å²) in [4.78, 5) is 10.9. The molecule has 4 nitrogen and oxygen atoms in total. The number of halogens is 1. The zero-order valence-corrected chi connectivity index (χ0v) is 8.85. The number of amides is 1. The van der Waals surface area contributed by atoms with Crippen molar-refractivity contribution < 1.29 is 13.6 Å². The van der Waals surface area contributed by atoms with Crippen LogP contribution in [0.3, 0.4) is 0 Å². The molecule has 0 heterocycles. The average molecular weight is 234 g/mol. The molecule has 1 aromatic rings. The predicted octanol–water partition coefficient (Wildman–Crippen LogP) is 1.88. The van der Waals surface area contributed by atoms with E-state index in [1.165, 1.54) is 25.1 Å². The molecule has 0 aliphatic heterocycles. The van der Waals surface area contributed by atoms with E-state index in [0.717, 1.165) is 0 Å². The zero-order valence-electron chi connectivity index (χ0n) is 7.28. The lowest BCUT2D eigenvalue weighted by molar-refractivity contribution is -0.114. The number of rotatable bonds is 2. The molecule has 76 valence electrons. The van der Waals surface area contributed by atoms with Crippen LogP contribution in [0.25, 0.3) is 0 Å². The summed E-state index contributed by atoms with van der Waals surface area (Å²) in [5.74, 6) is -0.246. The monoisotopic (exact) mass is 233 g/mol. The maximum atomic E-state index is 10.7. The van der Waals surface area contributed by atoms with Gasteiger partial charge in [-0.05, 0) is 18.2 Å². The lowest BCUT2D eigenvalue weighted by Gasteiger charge is -2.05. The van der Waals surface area contributed by atoms with Gasteiger partial charge in [-0.1, -0.05) is 11.6 Å². The molecule has 0 spiro atoms.